The molecular weight excluding hydrogens is 404 g/mol. The largest absolute Gasteiger partial charge is 0.487 e. The number of carbonyl (C=O) groups excluding carboxylic acids is 2. The molecule has 1 atom stereocenters. The Kier molecular flexibility index (Phi) is 6.67. The first-order chi connectivity index (χ1) is 14.3. The highest BCUT2D eigenvalue weighted by Crippen LogP contribution is 2.32. The molecule has 6 nitrogen and oxygen atoms in total. The third-order valence-corrected chi connectivity index (χ3v) is 5.34. The van der Waals surface area contributed by atoms with Crippen LogP contribution in [0.5, 0.6) is 5.75 Å². The van der Waals surface area contributed by atoms with Crippen molar-refractivity contribution in [3.8, 4) is 5.75 Å². The second kappa shape index (κ2) is 9.22. The van der Waals surface area contributed by atoms with Crippen LogP contribution in [-0.2, 0) is 9.53 Å². The first-order valence-corrected chi connectivity index (χ1v) is 10.1. The van der Waals surface area contributed by atoms with Crippen LogP contribution in [-0.4, -0.2) is 37.2 Å². The van der Waals surface area contributed by atoms with E-state index in [0.29, 0.717) is 27.6 Å². The lowest BCUT2D eigenvalue weighted by Gasteiger charge is -2.34. The van der Waals surface area contributed by atoms with Gasteiger partial charge in [0.2, 0.25) is 0 Å². The van der Waals surface area contributed by atoms with E-state index in [1.807, 2.05) is 38.1 Å². The molecule has 0 fully saturated rings. The van der Waals surface area contributed by atoms with E-state index in [2.05, 4.69) is 5.32 Å². The number of ether oxygens (including phenoxy) is 2. The molecule has 0 spiro atoms. The highest BCUT2D eigenvalue weighted by Gasteiger charge is 2.37. The normalized spacial score (nSPS) is 16.4. The lowest BCUT2D eigenvalue weighted by atomic mass is 9.95. The van der Waals surface area contributed by atoms with Crippen LogP contribution in [0.25, 0.3) is 0 Å². The fourth-order valence-corrected chi connectivity index (χ4v) is 3.47. The number of hydrogen-bond donors (Lipinski definition) is 1. The summed E-state index contributed by atoms with van der Waals surface area (Å²) in [5, 5.41) is 3.37. The minimum atomic E-state index is -0.690. The summed E-state index contributed by atoms with van der Waals surface area (Å²) in [6.45, 7) is 6.02. The van der Waals surface area contributed by atoms with Gasteiger partial charge in [0.05, 0.1) is 23.9 Å². The van der Waals surface area contributed by atoms with Gasteiger partial charge in [0.1, 0.15) is 12.4 Å². The average molecular weight is 429 g/mol. The molecule has 1 N–H and O–H groups in total. The molecule has 2 amide bonds. The number of aryl methyl sites for hydroxylation is 2. The molecule has 1 heterocycles. The van der Waals surface area contributed by atoms with E-state index in [0.717, 1.165) is 11.1 Å². The Morgan fingerprint density at radius 2 is 1.93 bits per heavy atom. The second-order valence-electron chi connectivity index (χ2n) is 7.11. The number of nitrogens with zero attached hydrogens (tertiary/aromatic N) is 1. The second-order valence-corrected chi connectivity index (χ2v) is 7.55. The van der Waals surface area contributed by atoms with Gasteiger partial charge in [-0.3, -0.25) is 4.90 Å². The van der Waals surface area contributed by atoms with Gasteiger partial charge in [-0.05, 0) is 61.7 Å². The lowest BCUT2D eigenvalue weighted by Crippen LogP contribution is -2.48. The standard InChI is InChI=1S/C23H25ClN2O4/c1-5-29-22(27)20-19(13-30-18-10-9-14(2)15(3)11-18)26(4)23(28)25-21(20)16-7-6-8-17(24)12-16/h6-12,21H,5,13H2,1-4H3,(H,25,28)/t21-/m1/s1. The number of likely N-dealkylation sites (N-methyl/N-ethyl adjacent to an activating group) is 1. The van der Waals surface area contributed by atoms with Gasteiger partial charge in [0.25, 0.3) is 0 Å². The van der Waals surface area contributed by atoms with Gasteiger partial charge in [-0.15, -0.1) is 0 Å². The van der Waals surface area contributed by atoms with Crippen LogP contribution in [0.2, 0.25) is 5.02 Å². The maximum atomic E-state index is 12.9. The molecule has 0 aliphatic carbocycles. The molecule has 3 rings (SSSR count). The number of halogens is 1. The number of hydrogen-bond acceptors (Lipinski definition) is 4. The lowest BCUT2D eigenvalue weighted by molar-refractivity contribution is -0.139. The Labute approximate surface area is 181 Å². The Morgan fingerprint density at radius 1 is 1.17 bits per heavy atom. The summed E-state index contributed by atoms with van der Waals surface area (Å²) >= 11 is 6.14. The van der Waals surface area contributed by atoms with Gasteiger partial charge in [0, 0.05) is 12.1 Å². The number of benzene rings is 2. The zero-order valence-corrected chi connectivity index (χ0v) is 18.2. The van der Waals surface area contributed by atoms with Crippen molar-refractivity contribution in [3.05, 3.63) is 75.4 Å². The zero-order chi connectivity index (χ0) is 21.8. The monoisotopic (exact) mass is 428 g/mol. The first-order valence-electron chi connectivity index (χ1n) is 9.71. The van der Waals surface area contributed by atoms with Gasteiger partial charge in [0.15, 0.2) is 0 Å². The molecule has 0 bridgehead atoms. The molecule has 0 saturated heterocycles. The SMILES string of the molecule is CCOC(=O)C1=C(COc2ccc(C)c(C)c2)N(C)C(=O)N[C@@H]1c1cccc(Cl)c1. The van der Waals surface area contributed by atoms with Crippen LogP contribution >= 0.6 is 11.6 Å². The molecule has 0 saturated carbocycles. The molecule has 7 heteroatoms. The molecule has 2 aromatic carbocycles. The topological polar surface area (TPSA) is 67.9 Å². The predicted octanol–water partition coefficient (Wildman–Crippen LogP) is 4.55. The average Bonchev–Trinajstić information content (AvgIpc) is 2.71. The van der Waals surface area contributed by atoms with Crippen LogP contribution in [0, 0.1) is 13.8 Å². The maximum absolute atomic E-state index is 12.9. The van der Waals surface area contributed by atoms with Crippen molar-refractivity contribution in [3.63, 3.8) is 0 Å². The van der Waals surface area contributed by atoms with Crippen molar-refractivity contribution in [1.29, 1.82) is 0 Å². The Hall–Kier alpha value is -2.99. The Bertz CT molecular complexity index is 1000. The fraction of sp³-hybridized carbons (Fsp3) is 0.304. The fourth-order valence-electron chi connectivity index (χ4n) is 3.27. The molecule has 1 aliphatic heterocycles. The Balaban J connectivity index is 2.03. The van der Waals surface area contributed by atoms with Crippen LogP contribution in [0.1, 0.15) is 29.7 Å². The summed E-state index contributed by atoms with van der Waals surface area (Å²) < 4.78 is 11.3. The van der Waals surface area contributed by atoms with Crippen LogP contribution in [0.15, 0.2) is 53.7 Å². The Morgan fingerprint density at radius 3 is 2.60 bits per heavy atom. The van der Waals surface area contributed by atoms with E-state index in [4.69, 9.17) is 21.1 Å². The number of carbonyl (C=O) groups is 2. The van der Waals surface area contributed by atoms with E-state index in [9.17, 15) is 9.59 Å². The maximum Gasteiger partial charge on any atom is 0.338 e. The minimum absolute atomic E-state index is 0.0393. The van der Waals surface area contributed by atoms with Gasteiger partial charge in [-0.25, -0.2) is 9.59 Å². The van der Waals surface area contributed by atoms with Crippen molar-refractivity contribution >= 4 is 23.6 Å². The summed E-state index contributed by atoms with van der Waals surface area (Å²) in [6.07, 6.45) is 0. The molecule has 158 valence electrons. The number of nitrogens with one attached hydrogen (secondary N) is 1. The molecule has 2 aromatic rings. The van der Waals surface area contributed by atoms with Crippen LogP contribution < -0.4 is 10.1 Å². The first kappa shape index (κ1) is 21.7. The third-order valence-electron chi connectivity index (χ3n) is 5.11. The van der Waals surface area contributed by atoms with Crippen LogP contribution in [0.3, 0.4) is 0 Å². The summed E-state index contributed by atoms with van der Waals surface area (Å²) in [5.74, 6) is 0.153. The quantitative estimate of drug-likeness (QED) is 0.685. The summed E-state index contributed by atoms with van der Waals surface area (Å²) in [4.78, 5) is 26.9. The van der Waals surface area contributed by atoms with Crippen molar-refractivity contribution in [2.75, 3.05) is 20.3 Å². The highest BCUT2D eigenvalue weighted by molar-refractivity contribution is 6.30. The zero-order valence-electron chi connectivity index (χ0n) is 17.5. The smallest absolute Gasteiger partial charge is 0.338 e. The third kappa shape index (κ3) is 4.60. The molecule has 0 unspecified atom stereocenters. The predicted molar refractivity (Wildman–Crippen MR) is 116 cm³/mol. The molecule has 0 aromatic heterocycles. The van der Waals surface area contributed by atoms with Crippen molar-refractivity contribution in [1.82, 2.24) is 10.2 Å². The van der Waals surface area contributed by atoms with E-state index in [-0.39, 0.29) is 19.2 Å². The van der Waals surface area contributed by atoms with Gasteiger partial charge >= 0.3 is 12.0 Å². The molecule has 0 radical (unpaired) electrons. The van der Waals surface area contributed by atoms with E-state index >= 15 is 0 Å². The number of amides is 2. The number of rotatable bonds is 6. The van der Waals surface area contributed by atoms with E-state index < -0.39 is 12.0 Å². The summed E-state index contributed by atoms with van der Waals surface area (Å²) in [7, 11) is 1.60. The summed E-state index contributed by atoms with van der Waals surface area (Å²) in [6, 6.07) is 11.8. The number of esters is 1. The van der Waals surface area contributed by atoms with Crippen molar-refractivity contribution in [2.45, 2.75) is 26.8 Å². The van der Waals surface area contributed by atoms with E-state index in [1.165, 1.54) is 4.90 Å². The molecular formula is C23H25ClN2O4. The molecule has 30 heavy (non-hydrogen) atoms. The molecule has 1 aliphatic rings. The minimum Gasteiger partial charge on any atom is -0.487 e. The van der Waals surface area contributed by atoms with Gasteiger partial charge in [-0.1, -0.05) is 29.8 Å². The van der Waals surface area contributed by atoms with Crippen molar-refractivity contribution < 1.29 is 19.1 Å². The highest BCUT2D eigenvalue weighted by atomic mass is 35.5. The van der Waals surface area contributed by atoms with Crippen molar-refractivity contribution in [2.24, 2.45) is 0 Å². The van der Waals surface area contributed by atoms with Gasteiger partial charge < -0.3 is 14.8 Å². The van der Waals surface area contributed by atoms with Crippen LogP contribution in [0.4, 0.5) is 4.79 Å². The number of urea groups is 1. The van der Waals surface area contributed by atoms with Gasteiger partial charge in [-0.2, -0.15) is 0 Å². The summed E-state index contributed by atoms with van der Waals surface area (Å²) in [5.41, 5.74) is 3.71. The van der Waals surface area contributed by atoms with E-state index in [1.54, 1.807) is 32.2 Å².